The molecule has 23 heavy (non-hydrogen) atoms. The predicted octanol–water partition coefficient (Wildman–Crippen LogP) is 4.21. The van der Waals surface area contributed by atoms with E-state index < -0.39 is 41.1 Å². The molecular weight excluding hydrogens is 350 g/mol. The van der Waals surface area contributed by atoms with Crippen molar-refractivity contribution in [1.82, 2.24) is 0 Å². The Kier molecular flexibility index (Phi) is 7.36. The first-order chi connectivity index (χ1) is 9.95. The molecule has 0 saturated heterocycles. The van der Waals surface area contributed by atoms with Crippen LogP contribution in [0.5, 0.6) is 0 Å². The van der Waals surface area contributed by atoms with E-state index in [0.29, 0.717) is 18.6 Å². The molecule has 0 fully saturated rings. The Hall–Kier alpha value is -1.48. The van der Waals surface area contributed by atoms with Crippen LogP contribution < -0.4 is 11.1 Å². The van der Waals surface area contributed by atoms with Crippen LogP contribution in [0.3, 0.4) is 0 Å². The monoisotopic (exact) mass is 364 g/mol. The highest BCUT2D eigenvalue weighted by molar-refractivity contribution is 5.94. The number of alkyl halides is 6. The Morgan fingerprint density at radius 3 is 1.87 bits per heavy atom. The lowest BCUT2D eigenvalue weighted by Gasteiger charge is -2.16. The number of nitrogens with two attached hydrogens (primary N) is 1. The first-order valence-electron chi connectivity index (χ1n) is 6.31. The van der Waals surface area contributed by atoms with E-state index in [1.54, 1.807) is 6.92 Å². The Morgan fingerprint density at radius 1 is 1.09 bits per heavy atom. The van der Waals surface area contributed by atoms with Gasteiger partial charge in [-0.3, -0.25) is 4.79 Å². The summed E-state index contributed by atoms with van der Waals surface area (Å²) in [6.45, 7) is 1.74. The molecular formula is C13H15ClF6N2O. The van der Waals surface area contributed by atoms with Crippen LogP contribution in [0.25, 0.3) is 0 Å². The topological polar surface area (TPSA) is 55.1 Å². The van der Waals surface area contributed by atoms with Crippen molar-refractivity contribution in [3.8, 4) is 0 Å². The SMILES string of the molecule is CCCC(N)C(=O)Nc1cc(C(F)(F)F)cc(C(F)(F)F)c1.Cl. The maximum atomic E-state index is 12.6. The molecule has 1 amide bonds. The van der Waals surface area contributed by atoms with Gasteiger partial charge in [0.25, 0.3) is 0 Å². The van der Waals surface area contributed by atoms with E-state index >= 15 is 0 Å². The molecule has 1 atom stereocenters. The fourth-order valence-corrected chi connectivity index (χ4v) is 1.70. The summed E-state index contributed by atoms with van der Waals surface area (Å²) >= 11 is 0. The molecule has 0 aliphatic heterocycles. The second kappa shape index (κ2) is 7.87. The third kappa shape index (κ3) is 6.26. The highest BCUT2D eigenvalue weighted by Crippen LogP contribution is 2.37. The average Bonchev–Trinajstić information content (AvgIpc) is 2.36. The first-order valence-corrected chi connectivity index (χ1v) is 6.31. The second-order valence-corrected chi connectivity index (χ2v) is 4.68. The van der Waals surface area contributed by atoms with Crippen molar-refractivity contribution in [2.75, 3.05) is 5.32 Å². The summed E-state index contributed by atoms with van der Waals surface area (Å²) in [6.07, 6.45) is -9.12. The maximum Gasteiger partial charge on any atom is 0.416 e. The molecule has 1 aromatic carbocycles. The lowest BCUT2D eigenvalue weighted by Crippen LogP contribution is -2.35. The van der Waals surface area contributed by atoms with Crippen LogP contribution in [0, 0.1) is 0 Å². The fourth-order valence-electron chi connectivity index (χ4n) is 1.70. The lowest BCUT2D eigenvalue weighted by molar-refractivity contribution is -0.143. The third-order valence-corrected chi connectivity index (χ3v) is 2.79. The highest BCUT2D eigenvalue weighted by atomic mass is 35.5. The van der Waals surface area contributed by atoms with Crippen molar-refractivity contribution in [2.24, 2.45) is 5.73 Å². The van der Waals surface area contributed by atoms with Gasteiger partial charge in [0.15, 0.2) is 0 Å². The normalized spacial score (nSPS) is 13.2. The summed E-state index contributed by atoms with van der Waals surface area (Å²) in [7, 11) is 0. The molecule has 0 bridgehead atoms. The van der Waals surface area contributed by atoms with Gasteiger partial charge in [0.2, 0.25) is 5.91 Å². The van der Waals surface area contributed by atoms with E-state index in [9.17, 15) is 31.1 Å². The van der Waals surface area contributed by atoms with Crippen molar-refractivity contribution < 1.29 is 31.1 Å². The zero-order chi connectivity index (χ0) is 17.1. The zero-order valence-corrected chi connectivity index (χ0v) is 12.7. The van der Waals surface area contributed by atoms with Crippen LogP contribution in [-0.4, -0.2) is 11.9 Å². The van der Waals surface area contributed by atoms with Crippen LogP contribution in [0.1, 0.15) is 30.9 Å². The largest absolute Gasteiger partial charge is 0.416 e. The molecule has 10 heteroatoms. The standard InChI is InChI=1S/C13H14F6N2O.ClH/c1-2-3-10(20)11(22)21-9-5-7(12(14,15)16)4-8(6-9)13(17,18)19;/h4-6,10H,2-3,20H2,1H3,(H,21,22);1H. The quantitative estimate of drug-likeness (QED) is 0.786. The number of anilines is 1. The van der Waals surface area contributed by atoms with E-state index in [1.165, 1.54) is 0 Å². The van der Waals surface area contributed by atoms with Crippen LogP contribution in [0.4, 0.5) is 32.0 Å². The number of hydrogen-bond donors (Lipinski definition) is 2. The van der Waals surface area contributed by atoms with Gasteiger partial charge >= 0.3 is 12.4 Å². The van der Waals surface area contributed by atoms with Crippen molar-refractivity contribution in [3.63, 3.8) is 0 Å². The second-order valence-electron chi connectivity index (χ2n) is 4.68. The van der Waals surface area contributed by atoms with Crippen molar-refractivity contribution in [1.29, 1.82) is 0 Å². The van der Waals surface area contributed by atoms with E-state index in [0.717, 1.165) is 0 Å². The molecule has 0 radical (unpaired) electrons. The van der Waals surface area contributed by atoms with Crippen LogP contribution >= 0.6 is 12.4 Å². The maximum absolute atomic E-state index is 12.6. The minimum absolute atomic E-state index is 0. The van der Waals surface area contributed by atoms with Gasteiger partial charge in [-0.1, -0.05) is 13.3 Å². The van der Waals surface area contributed by atoms with Crippen molar-refractivity contribution in [2.45, 2.75) is 38.2 Å². The molecule has 0 heterocycles. The van der Waals surface area contributed by atoms with Gasteiger partial charge in [0.05, 0.1) is 17.2 Å². The average molecular weight is 365 g/mol. The van der Waals surface area contributed by atoms with Gasteiger partial charge in [-0.2, -0.15) is 26.3 Å². The van der Waals surface area contributed by atoms with Crippen LogP contribution in [0.15, 0.2) is 18.2 Å². The Morgan fingerprint density at radius 2 is 1.52 bits per heavy atom. The van der Waals surface area contributed by atoms with Crippen LogP contribution in [-0.2, 0) is 17.1 Å². The molecule has 0 aliphatic rings. The minimum Gasteiger partial charge on any atom is -0.325 e. The summed E-state index contributed by atoms with van der Waals surface area (Å²) in [5, 5.41) is 1.99. The number of amides is 1. The number of carbonyl (C=O) groups excluding carboxylic acids is 1. The lowest BCUT2D eigenvalue weighted by atomic mass is 10.1. The number of nitrogens with one attached hydrogen (secondary N) is 1. The summed E-state index contributed by atoms with van der Waals surface area (Å²) in [6, 6.07) is -0.145. The molecule has 1 aromatic rings. The number of benzene rings is 1. The number of hydrogen-bond acceptors (Lipinski definition) is 2. The van der Waals surface area contributed by atoms with Gasteiger partial charge in [-0.15, -0.1) is 12.4 Å². The summed E-state index contributed by atoms with van der Waals surface area (Å²) in [5.41, 5.74) is 1.87. The fraction of sp³-hybridized carbons (Fsp3) is 0.462. The molecule has 1 unspecified atom stereocenters. The van der Waals surface area contributed by atoms with Gasteiger partial charge < -0.3 is 11.1 Å². The summed E-state index contributed by atoms with van der Waals surface area (Å²) in [5.74, 6) is -0.839. The molecule has 0 saturated carbocycles. The predicted molar refractivity (Wildman–Crippen MR) is 75.2 cm³/mol. The van der Waals surface area contributed by atoms with Crippen molar-refractivity contribution >= 4 is 24.0 Å². The third-order valence-electron chi connectivity index (χ3n) is 2.79. The molecule has 1 rings (SSSR count). The molecule has 132 valence electrons. The number of rotatable bonds is 4. The van der Waals surface area contributed by atoms with Gasteiger partial charge in [0.1, 0.15) is 0 Å². The summed E-state index contributed by atoms with van der Waals surface area (Å²) < 4.78 is 75.9. The molecule has 3 nitrogen and oxygen atoms in total. The number of carbonyl (C=O) groups is 1. The van der Waals surface area contributed by atoms with E-state index in [1.807, 2.05) is 5.32 Å². The van der Waals surface area contributed by atoms with E-state index in [4.69, 9.17) is 5.73 Å². The minimum atomic E-state index is -4.97. The molecule has 0 spiro atoms. The molecule has 3 N–H and O–H groups in total. The number of halogens is 7. The van der Waals surface area contributed by atoms with Crippen molar-refractivity contribution in [3.05, 3.63) is 29.3 Å². The smallest absolute Gasteiger partial charge is 0.325 e. The van der Waals surface area contributed by atoms with E-state index in [2.05, 4.69) is 0 Å². The first kappa shape index (κ1) is 21.5. The Labute approximate surface area is 134 Å². The van der Waals surface area contributed by atoms with Gasteiger partial charge in [-0.25, -0.2) is 0 Å². The molecule has 0 aliphatic carbocycles. The Balaban J connectivity index is 0.00000484. The van der Waals surface area contributed by atoms with Crippen LogP contribution in [0.2, 0.25) is 0 Å². The van der Waals surface area contributed by atoms with E-state index in [-0.39, 0.29) is 24.9 Å². The highest BCUT2D eigenvalue weighted by Gasteiger charge is 2.37. The summed E-state index contributed by atoms with van der Waals surface area (Å²) in [4.78, 5) is 11.6. The van der Waals surface area contributed by atoms with Gasteiger partial charge in [0, 0.05) is 5.69 Å². The zero-order valence-electron chi connectivity index (χ0n) is 11.9. The Bertz CT molecular complexity index is 512. The molecule has 0 aromatic heterocycles. The van der Waals surface area contributed by atoms with Gasteiger partial charge in [-0.05, 0) is 24.6 Å².